The van der Waals surface area contributed by atoms with Crippen LogP contribution in [-0.4, -0.2) is 70.8 Å². The van der Waals surface area contributed by atoms with E-state index in [1.165, 1.54) is 0 Å². The average molecular weight is 328 g/mol. The van der Waals surface area contributed by atoms with Crippen LogP contribution in [-0.2, 0) is 4.74 Å². The highest BCUT2D eigenvalue weighted by atomic mass is 16.5. The van der Waals surface area contributed by atoms with Crippen molar-refractivity contribution in [2.75, 3.05) is 32.8 Å². The molecule has 128 valence electrons. The first-order valence-corrected chi connectivity index (χ1v) is 8.80. The Bertz CT molecular complexity index is 721. The maximum Gasteiger partial charge on any atom is 0.274 e. The van der Waals surface area contributed by atoms with Gasteiger partial charge in [-0.05, 0) is 25.8 Å². The van der Waals surface area contributed by atoms with E-state index < -0.39 is 0 Å². The Kier molecular flexibility index (Phi) is 4.24. The number of carbonyl (C=O) groups excluding carboxylic acids is 1. The van der Waals surface area contributed by atoms with E-state index in [0.29, 0.717) is 17.8 Å². The second-order valence-corrected chi connectivity index (χ2v) is 6.82. The Morgan fingerprint density at radius 1 is 1.25 bits per heavy atom. The zero-order valence-electron chi connectivity index (χ0n) is 14.1. The van der Waals surface area contributed by atoms with Gasteiger partial charge >= 0.3 is 0 Å². The fourth-order valence-electron chi connectivity index (χ4n) is 3.89. The van der Waals surface area contributed by atoms with Gasteiger partial charge < -0.3 is 9.64 Å². The molecule has 6 heteroatoms. The molecule has 0 saturated carbocycles. The number of aromatic nitrogens is 2. The minimum Gasteiger partial charge on any atom is -0.376 e. The lowest BCUT2D eigenvalue weighted by Crippen LogP contribution is -2.51. The van der Waals surface area contributed by atoms with Gasteiger partial charge in [0.1, 0.15) is 0 Å². The summed E-state index contributed by atoms with van der Waals surface area (Å²) in [5, 5.41) is 8.11. The first kappa shape index (κ1) is 15.6. The number of benzene rings is 1. The molecular formula is C18H24N4O2. The molecular weight excluding hydrogens is 304 g/mol. The van der Waals surface area contributed by atoms with Crippen LogP contribution in [0.4, 0.5) is 0 Å². The third-order valence-corrected chi connectivity index (χ3v) is 5.21. The summed E-state index contributed by atoms with van der Waals surface area (Å²) in [5.41, 5.74) is 1.46. The molecule has 0 aliphatic carbocycles. The second kappa shape index (κ2) is 6.53. The van der Waals surface area contributed by atoms with Gasteiger partial charge in [0.2, 0.25) is 0 Å². The van der Waals surface area contributed by atoms with Gasteiger partial charge in [-0.3, -0.25) is 14.8 Å². The van der Waals surface area contributed by atoms with E-state index in [1.54, 1.807) is 0 Å². The highest BCUT2D eigenvalue weighted by Gasteiger charge is 2.30. The van der Waals surface area contributed by atoms with Gasteiger partial charge in [0.15, 0.2) is 5.69 Å². The van der Waals surface area contributed by atoms with Gasteiger partial charge in [-0.25, -0.2) is 0 Å². The van der Waals surface area contributed by atoms with E-state index in [9.17, 15) is 4.79 Å². The molecule has 3 heterocycles. The molecule has 2 aliphatic rings. The molecule has 1 atom stereocenters. The summed E-state index contributed by atoms with van der Waals surface area (Å²) < 4.78 is 5.63. The Morgan fingerprint density at radius 2 is 2.04 bits per heavy atom. The van der Waals surface area contributed by atoms with Crippen LogP contribution in [0.5, 0.6) is 0 Å². The molecule has 0 bridgehead atoms. The Hall–Kier alpha value is -1.92. The number of ether oxygens (including phenoxy) is 1. The lowest BCUT2D eigenvalue weighted by molar-refractivity contribution is -0.0423. The number of para-hydroxylation sites is 1. The zero-order chi connectivity index (χ0) is 16.5. The van der Waals surface area contributed by atoms with Gasteiger partial charge in [0.25, 0.3) is 5.91 Å². The molecule has 2 aliphatic heterocycles. The number of morpholine rings is 1. The summed E-state index contributed by atoms with van der Waals surface area (Å²) in [4.78, 5) is 17.3. The average Bonchev–Trinajstić information content (AvgIpc) is 3.05. The van der Waals surface area contributed by atoms with E-state index in [2.05, 4.69) is 22.0 Å². The highest BCUT2D eigenvalue weighted by molar-refractivity contribution is 6.04. The monoisotopic (exact) mass is 328 g/mol. The van der Waals surface area contributed by atoms with E-state index in [0.717, 1.165) is 56.5 Å². The minimum absolute atomic E-state index is 0.0428. The van der Waals surface area contributed by atoms with E-state index >= 15 is 0 Å². The van der Waals surface area contributed by atoms with Crippen LogP contribution in [0.1, 0.15) is 30.3 Å². The molecule has 2 saturated heterocycles. The largest absolute Gasteiger partial charge is 0.376 e. The van der Waals surface area contributed by atoms with Crippen molar-refractivity contribution < 1.29 is 9.53 Å². The van der Waals surface area contributed by atoms with Crippen LogP contribution in [0.3, 0.4) is 0 Å². The molecule has 2 fully saturated rings. The first-order chi connectivity index (χ1) is 11.7. The number of amides is 1. The number of hydrogen-bond acceptors (Lipinski definition) is 4. The third-order valence-electron chi connectivity index (χ3n) is 5.21. The van der Waals surface area contributed by atoms with Crippen molar-refractivity contribution in [3.05, 3.63) is 30.0 Å². The molecule has 1 N–H and O–H groups in total. The fraction of sp³-hybridized carbons (Fsp3) is 0.556. The number of fused-ring (bicyclic) bond motifs is 1. The number of nitrogens with zero attached hydrogens (tertiary/aromatic N) is 3. The summed E-state index contributed by atoms with van der Waals surface area (Å²) in [6.45, 7) is 6.56. The number of piperidine rings is 1. The second-order valence-electron chi connectivity index (χ2n) is 6.82. The van der Waals surface area contributed by atoms with E-state index in [1.807, 2.05) is 29.2 Å². The van der Waals surface area contributed by atoms with Crippen molar-refractivity contribution in [3.63, 3.8) is 0 Å². The highest BCUT2D eigenvalue weighted by Crippen LogP contribution is 2.22. The topological polar surface area (TPSA) is 61.5 Å². The van der Waals surface area contributed by atoms with Crippen LogP contribution in [0.25, 0.3) is 10.9 Å². The normalized spacial score (nSPS) is 23.7. The number of likely N-dealkylation sites (tertiary alicyclic amines) is 1. The number of nitrogens with one attached hydrogen (secondary N) is 1. The van der Waals surface area contributed by atoms with Crippen LogP contribution in [0.15, 0.2) is 24.3 Å². The number of hydrogen-bond donors (Lipinski definition) is 1. The SMILES string of the molecule is CC1CN(C2CCN(C(=O)c3n[nH]c4ccccc34)CC2)CCO1. The summed E-state index contributed by atoms with van der Waals surface area (Å²) in [7, 11) is 0. The zero-order valence-corrected chi connectivity index (χ0v) is 14.1. The van der Waals surface area contributed by atoms with Crippen LogP contribution >= 0.6 is 0 Å². The summed E-state index contributed by atoms with van der Waals surface area (Å²) in [6, 6.07) is 8.36. The predicted molar refractivity (Wildman–Crippen MR) is 92.0 cm³/mol. The molecule has 1 aromatic heterocycles. The van der Waals surface area contributed by atoms with Gasteiger partial charge in [0, 0.05) is 37.6 Å². The lowest BCUT2D eigenvalue weighted by atomic mass is 10.0. The van der Waals surface area contributed by atoms with Crippen molar-refractivity contribution in [2.24, 2.45) is 0 Å². The predicted octanol–water partition coefficient (Wildman–Crippen LogP) is 1.89. The number of rotatable bonds is 2. The minimum atomic E-state index is 0.0428. The number of H-pyrrole nitrogens is 1. The summed E-state index contributed by atoms with van der Waals surface area (Å²) in [6.07, 6.45) is 2.37. The smallest absolute Gasteiger partial charge is 0.274 e. The molecule has 1 unspecified atom stereocenters. The quantitative estimate of drug-likeness (QED) is 0.914. The third kappa shape index (κ3) is 2.91. The summed E-state index contributed by atoms with van der Waals surface area (Å²) >= 11 is 0. The molecule has 2 aromatic rings. The van der Waals surface area contributed by atoms with Crippen molar-refractivity contribution in [1.29, 1.82) is 0 Å². The first-order valence-electron chi connectivity index (χ1n) is 8.80. The Labute approximate surface area is 141 Å². The van der Waals surface area contributed by atoms with Crippen LogP contribution < -0.4 is 0 Å². The maximum atomic E-state index is 12.8. The molecule has 4 rings (SSSR count). The van der Waals surface area contributed by atoms with Crippen LogP contribution in [0, 0.1) is 0 Å². The van der Waals surface area contributed by atoms with Gasteiger partial charge in [-0.15, -0.1) is 0 Å². The Morgan fingerprint density at radius 3 is 2.83 bits per heavy atom. The van der Waals surface area contributed by atoms with E-state index in [-0.39, 0.29) is 5.91 Å². The molecule has 0 radical (unpaired) electrons. The maximum absolute atomic E-state index is 12.8. The van der Waals surface area contributed by atoms with Crippen molar-refractivity contribution >= 4 is 16.8 Å². The van der Waals surface area contributed by atoms with Crippen molar-refractivity contribution in [3.8, 4) is 0 Å². The van der Waals surface area contributed by atoms with Gasteiger partial charge in [-0.2, -0.15) is 5.10 Å². The molecule has 0 spiro atoms. The Balaban J connectivity index is 1.41. The molecule has 1 amide bonds. The number of aromatic amines is 1. The van der Waals surface area contributed by atoms with Gasteiger partial charge in [-0.1, -0.05) is 18.2 Å². The molecule has 1 aromatic carbocycles. The standard InChI is InChI=1S/C18H24N4O2/c1-13-12-22(10-11-24-13)14-6-8-21(9-7-14)18(23)17-15-4-2-3-5-16(15)19-20-17/h2-5,13-14H,6-12H2,1H3,(H,19,20). The number of carbonyl (C=O) groups is 1. The fourth-order valence-corrected chi connectivity index (χ4v) is 3.89. The van der Waals surface area contributed by atoms with Crippen molar-refractivity contribution in [1.82, 2.24) is 20.0 Å². The van der Waals surface area contributed by atoms with Crippen LogP contribution in [0.2, 0.25) is 0 Å². The van der Waals surface area contributed by atoms with Crippen molar-refractivity contribution in [2.45, 2.75) is 31.9 Å². The van der Waals surface area contributed by atoms with Gasteiger partial charge in [0.05, 0.1) is 18.2 Å². The van der Waals surface area contributed by atoms with E-state index in [4.69, 9.17) is 4.74 Å². The summed E-state index contributed by atoms with van der Waals surface area (Å²) in [5.74, 6) is 0.0428. The molecule has 24 heavy (non-hydrogen) atoms. The lowest BCUT2D eigenvalue weighted by Gasteiger charge is -2.41. The molecule has 6 nitrogen and oxygen atoms in total.